The fourth-order valence-corrected chi connectivity index (χ4v) is 4.37. The second-order valence-corrected chi connectivity index (χ2v) is 9.91. The van der Waals surface area contributed by atoms with Crippen molar-refractivity contribution in [3.8, 4) is 0 Å². The van der Waals surface area contributed by atoms with Crippen LogP contribution < -0.4 is 21.3 Å². The standard InChI is InChI=1S/C25H31FN8O2/c1-14(2)24(35)31-17-7-5-16(6-8-17)30-22-11-20(29-15-3-4-15)23-28-13-21(34(23)33-22)25(36)32-19-9-10-27-12-18(19)26/h9-17,29H,3-8H2,1-2H3,(H,30,33)(H,31,35)(H,27,32,36)/t16-,17-. The Labute approximate surface area is 208 Å². The summed E-state index contributed by atoms with van der Waals surface area (Å²) >= 11 is 0. The Balaban J connectivity index is 1.34. The van der Waals surface area contributed by atoms with Gasteiger partial charge in [-0.05, 0) is 44.6 Å². The van der Waals surface area contributed by atoms with E-state index in [4.69, 9.17) is 0 Å². The van der Waals surface area contributed by atoms with E-state index in [9.17, 15) is 14.0 Å². The molecule has 0 unspecified atom stereocenters. The van der Waals surface area contributed by atoms with Crippen molar-refractivity contribution in [3.63, 3.8) is 0 Å². The van der Waals surface area contributed by atoms with Crippen LogP contribution in [-0.2, 0) is 4.79 Å². The smallest absolute Gasteiger partial charge is 0.276 e. The van der Waals surface area contributed by atoms with E-state index < -0.39 is 11.7 Å². The SMILES string of the molecule is CC(C)C(=O)N[C@H]1CC[C@H](Nc2cc(NC3CC3)c3ncc(C(=O)Nc4ccncc4F)n3n2)CC1. The van der Waals surface area contributed by atoms with E-state index in [2.05, 4.69) is 36.3 Å². The minimum Gasteiger partial charge on any atom is -0.379 e. The van der Waals surface area contributed by atoms with Crippen LogP contribution in [0.25, 0.3) is 5.65 Å². The molecular formula is C25H31FN8O2. The fraction of sp³-hybridized carbons (Fsp3) is 0.480. The van der Waals surface area contributed by atoms with Crippen molar-refractivity contribution in [3.05, 3.63) is 42.2 Å². The molecule has 4 N–H and O–H groups in total. The number of pyridine rings is 1. The Kier molecular flexibility index (Phi) is 6.71. The molecule has 5 rings (SSSR count). The van der Waals surface area contributed by atoms with Gasteiger partial charge in [0.2, 0.25) is 5.91 Å². The number of fused-ring (bicyclic) bond motifs is 1. The van der Waals surface area contributed by atoms with Crippen molar-refractivity contribution in [1.82, 2.24) is 24.9 Å². The minimum atomic E-state index is -0.619. The molecule has 0 atom stereocenters. The highest BCUT2D eigenvalue weighted by Crippen LogP contribution is 2.30. The second-order valence-electron chi connectivity index (χ2n) is 9.91. The molecule has 190 valence electrons. The van der Waals surface area contributed by atoms with Crippen LogP contribution in [0.15, 0.2) is 30.7 Å². The van der Waals surface area contributed by atoms with Gasteiger partial charge in [-0.1, -0.05) is 13.8 Å². The van der Waals surface area contributed by atoms with E-state index in [1.165, 1.54) is 23.0 Å². The zero-order chi connectivity index (χ0) is 25.2. The Hall–Kier alpha value is -3.76. The molecule has 0 saturated heterocycles. The van der Waals surface area contributed by atoms with Gasteiger partial charge < -0.3 is 21.3 Å². The summed E-state index contributed by atoms with van der Waals surface area (Å²) in [5, 5.41) is 17.3. The van der Waals surface area contributed by atoms with Crippen LogP contribution in [0.3, 0.4) is 0 Å². The number of hydrogen-bond acceptors (Lipinski definition) is 7. The molecule has 3 aromatic rings. The lowest BCUT2D eigenvalue weighted by Crippen LogP contribution is -2.41. The summed E-state index contributed by atoms with van der Waals surface area (Å²) in [7, 11) is 0. The highest BCUT2D eigenvalue weighted by molar-refractivity contribution is 6.03. The largest absolute Gasteiger partial charge is 0.379 e. The Bertz CT molecular complexity index is 1260. The molecule has 36 heavy (non-hydrogen) atoms. The fourth-order valence-electron chi connectivity index (χ4n) is 4.37. The molecule has 2 amide bonds. The lowest BCUT2D eigenvalue weighted by molar-refractivity contribution is -0.124. The zero-order valence-corrected chi connectivity index (χ0v) is 20.4. The van der Waals surface area contributed by atoms with Crippen LogP contribution in [0, 0.1) is 11.7 Å². The molecule has 0 bridgehead atoms. The van der Waals surface area contributed by atoms with Crippen LogP contribution >= 0.6 is 0 Å². The number of imidazole rings is 1. The molecule has 0 aliphatic heterocycles. The summed E-state index contributed by atoms with van der Waals surface area (Å²) in [5.41, 5.74) is 1.57. The van der Waals surface area contributed by atoms with E-state index in [1.54, 1.807) is 0 Å². The predicted octanol–water partition coefficient (Wildman–Crippen LogP) is 3.59. The lowest BCUT2D eigenvalue weighted by Gasteiger charge is -2.30. The first kappa shape index (κ1) is 24.0. The molecule has 2 aliphatic rings. The number of halogens is 1. The number of hydrogen-bond donors (Lipinski definition) is 4. The average Bonchev–Trinajstić information content (AvgIpc) is 3.57. The maximum atomic E-state index is 14.0. The lowest BCUT2D eigenvalue weighted by atomic mass is 9.91. The van der Waals surface area contributed by atoms with Crippen LogP contribution in [0.1, 0.15) is 62.9 Å². The maximum absolute atomic E-state index is 14.0. The molecule has 2 saturated carbocycles. The summed E-state index contributed by atoms with van der Waals surface area (Å²) in [6.07, 6.45) is 9.64. The van der Waals surface area contributed by atoms with Gasteiger partial charge in [0.25, 0.3) is 5.91 Å². The summed E-state index contributed by atoms with van der Waals surface area (Å²) in [6.45, 7) is 3.80. The van der Waals surface area contributed by atoms with Crippen molar-refractivity contribution >= 4 is 34.7 Å². The molecule has 0 aromatic carbocycles. The number of aromatic nitrogens is 4. The third kappa shape index (κ3) is 5.39. The Morgan fingerprint density at radius 3 is 2.39 bits per heavy atom. The second kappa shape index (κ2) is 10.1. The molecule has 3 aromatic heterocycles. The van der Waals surface area contributed by atoms with Crippen molar-refractivity contribution in [2.45, 2.75) is 70.5 Å². The first-order valence-electron chi connectivity index (χ1n) is 12.5. The summed E-state index contributed by atoms with van der Waals surface area (Å²) < 4.78 is 15.5. The number of amides is 2. The van der Waals surface area contributed by atoms with Crippen molar-refractivity contribution < 1.29 is 14.0 Å². The van der Waals surface area contributed by atoms with Gasteiger partial charge in [-0.15, -0.1) is 5.10 Å². The Morgan fingerprint density at radius 1 is 1.00 bits per heavy atom. The van der Waals surface area contributed by atoms with Crippen LogP contribution in [-0.4, -0.2) is 49.5 Å². The number of rotatable bonds is 8. The first-order valence-corrected chi connectivity index (χ1v) is 12.5. The van der Waals surface area contributed by atoms with Crippen molar-refractivity contribution in [2.75, 3.05) is 16.0 Å². The third-order valence-electron chi connectivity index (χ3n) is 6.61. The molecule has 11 heteroatoms. The Morgan fingerprint density at radius 2 is 1.69 bits per heavy atom. The van der Waals surface area contributed by atoms with E-state index in [1.807, 2.05) is 19.9 Å². The molecule has 2 aliphatic carbocycles. The highest BCUT2D eigenvalue weighted by atomic mass is 19.1. The number of nitrogens with zero attached hydrogens (tertiary/aromatic N) is 4. The van der Waals surface area contributed by atoms with Crippen molar-refractivity contribution in [2.24, 2.45) is 5.92 Å². The third-order valence-corrected chi connectivity index (χ3v) is 6.61. The molecule has 10 nitrogen and oxygen atoms in total. The van der Waals surface area contributed by atoms with Crippen LogP contribution in [0.4, 0.5) is 21.6 Å². The number of carbonyl (C=O) groups excluding carboxylic acids is 2. The van der Waals surface area contributed by atoms with E-state index in [0.717, 1.165) is 50.4 Å². The van der Waals surface area contributed by atoms with E-state index in [0.29, 0.717) is 17.5 Å². The van der Waals surface area contributed by atoms with Crippen LogP contribution in [0.5, 0.6) is 0 Å². The molecule has 2 fully saturated rings. The van der Waals surface area contributed by atoms with Gasteiger partial charge in [0.1, 0.15) is 5.82 Å². The maximum Gasteiger partial charge on any atom is 0.276 e. The number of carbonyl (C=O) groups is 2. The number of nitrogens with one attached hydrogen (secondary N) is 4. The van der Waals surface area contributed by atoms with Gasteiger partial charge in [0.05, 0.1) is 23.8 Å². The quantitative estimate of drug-likeness (QED) is 0.377. The van der Waals surface area contributed by atoms with Gasteiger partial charge in [-0.25, -0.2) is 13.9 Å². The molecular weight excluding hydrogens is 463 g/mol. The molecule has 0 radical (unpaired) electrons. The first-order chi connectivity index (χ1) is 17.4. The van der Waals surface area contributed by atoms with Crippen molar-refractivity contribution in [1.29, 1.82) is 0 Å². The van der Waals surface area contributed by atoms with E-state index >= 15 is 0 Å². The van der Waals surface area contributed by atoms with Gasteiger partial charge in [-0.3, -0.25) is 14.6 Å². The van der Waals surface area contributed by atoms with Gasteiger partial charge >= 0.3 is 0 Å². The highest BCUT2D eigenvalue weighted by Gasteiger charge is 2.26. The van der Waals surface area contributed by atoms with Gasteiger partial charge in [-0.2, -0.15) is 0 Å². The molecule has 3 heterocycles. The number of anilines is 3. The van der Waals surface area contributed by atoms with E-state index in [-0.39, 0.29) is 35.3 Å². The minimum absolute atomic E-state index is 0.0224. The van der Waals surface area contributed by atoms with Crippen LogP contribution in [0.2, 0.25) is 0 Å². The summed E-state index contributed by atoms with van der Waals surface area (Å²) in [5.74, 6) is -0.442. The zero-order valence-electron chi connectivity index (χ0n) is 20.4. The predicted molar refractivity (Wildman–Crippen MR) is 134 cm³/mol. The molecule has 0 spiro atoms. The summed E-state index contributed by atoms with van der Waals surface area (Å²) in [4.78, 5) is 33.1. The summed E-state index contributed by atoms with van der Waals surface area (Å²) in [6, 6.07) is 4.10. The monoisotopic (exact) mass is 494 g/mol. The topological polar surface area (TPSA) is 125 Å². The average molecular weight is 495 g/mol. The normalized spacial score (nSPS) is 19.8. The van der Waals surface area contributed by atoms with Gasteiger partial charge in [0.15, 0.2) is 17.2 Å². The van der Waals surface area contributed by atoms with Gasteiger partial charge in [0, 0.05) is 36.3 Å².